The quantitative estimate of drug-likeness (QED) is 0.304. The number of benzene rings is 1. The average molecular weight is 497 g/mol. The Morgan fingerprint density at radius 1 is 1.25 bits per heavy atom. The van der Waals surface area contributed by atoms with Crippen LogP contribution in [0.2, 0.25) is 0 Å². The first-order chi connectivity index (χ1) is 17.2. The second-order valence-electron chi connectivity index (χ2n) is 9.33. The van der Waals surface area contributed by atoms with Crippen molar-refractivity contribution in [2.45, 2.75) is 64.9 Å². The van der Waals surface area contributed by atoms with E-state index < -0.39 is 17.4 Å². The predicted molar refractivity (Wildman–Crippen MR) is 130 cm³/mol. The fourth-order valence-electron chi connectivity index (χ4n) is 5.22. The molecule has 0 saturated heterocycles. The van der Waals surface area contributed by atoms with E-state index in [1.807, 2.05) is 6.92 Å². The van der Waals surface area contributed by atoms with E-state index in [0.717, 1.165) is 24.0 Å². The lowest BCUT2D eigenvalue weighted by molar-refractivity contribution is -0.172. The average Bonchev–Trinajstić information content (AvgIpc) is 3.23. The zero-order valence-electron chi connectivity index (χ0n) is 20.8. The molecule has 2 aromatic heterocycles. The van der Waals surface area contributed by atoms with Gasteiger partial charge in [0.15, 0.2) is 17.2 Å². The minimum absolute atomic E-state index is 0.0539. The molecule has 0 radical (unpaired) electrons. The number of halogens is 1. The Bertz CT molecular complexity index is 1450. The number of aromatic nitrogens is 2. The molecule has 190 valence electrons. The van der Waals surface area contributed by atoms with Crippen LogP contribution in [0.15, 0.2) is 23.0 Å². The summed E-state index contributed by atoms with van der Waals surface area (Å²) in [5.74, 6) is -1.23. The fourth-order valence-corrected chi connectivity index (χ4v) is 5.22. The molecule has 1 aromatic carbocycles. The van der Waals surface area contributed by atoms with Crippen LogP contribution >= 0.6 is 0 Å². The van der Waals surface area contributed by atoms with Crippen LogP contribution in [0.3, 0.4) is 0 Å². The van der Waals surface area contributed by atoms with Crippen molar-refractivity contribution in [3.05, 3.63) is 56.6 Å². The Morgan fingerprint density at radius 2 is 2.03 bits per heavy atom. The number of methoxy groups -OCH3 is 1. The molecular weight excluding hydrogens is 467 g/mol. The minimum Gasteiger partial charge on any atom is -0.494 e. The number of aliphatic hydroxyl groups is 1. The van der Waals surface area contributed by atoms with E-state index in [2.05, 4.69) is 6.92 Å². The molecular formula is C27H29FN2O6. The first-order valence-electron chi connectivity index (χ1n) is 12.2. The lowest BCUT2D eigenvalue weighted by atomic mass is 9.86. The lowest BCUT2D eigenvalue weighted by Crippen LogP contribution is -2.44. The summed E-state index contributed by atoms with van der Waals surface area (Å²) in [4.78, 5) is 30.7. The number of carbonyl (C=O) groups excluding carboxylic acids is 1. The minimum atomic E-state index is -1.92. The van der Waals surface area contributed by atoms with Gasteiger partial charge in [-0.15, -0.1) is 0 Å². The molecule has 0 fully saturated rings. The van der Waals surface area contributed by atoms with E-state index in [-0.39, 0.29) is 48.1 Å². The third-order valence-electron chi connectivity index (χ3n) is 7.28. The van der Waals surface area contributed by atoms with Crippen LogP contribution in [0, 0.1) is 5.82 Å². The number of hydrogen-bond donors (Lipinski definition) is 1. The zero-order chi connectivity index (χ0) is 25.8. The number of cyclic esters (lactones) is 1. The molecule has 2 atom stereocenters. The Morgan fingerprint density at radius 3 is 2.72 bits per heavy atom. The molecule has 36 heavy (non-hydrogen) atoms. The number of esters is 1. The first kappa shape index (κ1) is 24.4. The van der Waals surface area contributed by atoms with E-state index in [1.165, 1.54) is 13.2 Å². The number of unbranched alkanes of at least 4 members (excludes halogenated alkanes) is 1. The Balaban J connectivity index is 1.78. The molecule has 9 heteroatoms. The van der Waals surface area contributed by atoms with Gasteiger partial charge in [0.05, 0.1) is 42.2 Å². The maximum atomic E-state index is 14.7. The van der Waals surface area contributed by atoms with Gasteiger partial charge in [-0.25, -0.2) is 14.2 Å². The monoisotopic (exact) mass is 496 g/mol. The molecule has 0 aliphatic carbocycles. The smallest absolute Gasteiger partial charge is 0.343 e. The summed E-state index contributed by atoms with van der Waals surface area (Å²) in [5.41, 5.74) is 1.19. The molecule has 0 amide bonds. The van der Waals surface area contributed by atoms with Gasteiger partial charge in [0.1, 0.15) is 6.61 Å². The van der Waals surface area contributed by atoms with E-state index in [4.69, 9.17) is 19.2 Å². The van der Waals surface area contributed by atoms with Gasteiger partial charge in [-0.05, 0) is 37.5 Å². The van der Waals surface area contributed by atoms with Gasteiger partial charge >= 0.3 is 5.97 Å². The number of pyridine rings is 2. The standard InChI is InChI=1S/C27H29FN2O6/c1-5-7-8-35-14(3)23-15-9-22(34-4)19(28)11-20(15)29-24-16(23)12-30-21(24)10-18-17(25(30)31)13-36-26(32)27(18,33)6-2/h9-11,14,33H,5-8,12-13H2,1-4H3/t14?,27-/m0/s1. The van der Waals surface area contributed by atoms with Crippen LogP contribution in [0.5, 0.6) is 5.75 Å². The van der Waals surface area contributed by atoms with Crippen LogP contribution in [0.1, 0.15) is 68.4 Å². The molecule has 2 aliphatic heterocycles. The molecule has 0 bridgehead atoms. The van der Waals surface area contributed by atoms with Crippen molar-refractivity contribution in [2.75, 3.05) is 13.7 Å². The number of rotatable bonds is 7. The number of hydrogen-bond acceptors (Lipinski definition) is 7. The second kappa shape index (κ2) is 8.97. The van der Waals surface area contributed by atoms with Gasteiger partial charge in [-0.1, -0.05) is 20.3 Å². The van der Waals surface area contributed by atoms with Gasteiger partial charge in [0.2, 0.25) is 0 Å². The Hall–Kier alpha value is -3.30. The molecule has 8 nitrogen and oxygen atoms in total. The topological polar surface area (TPSA) is 99.9 Å². The first-order valence-corrected chi connectivity index (χ1v) is 12.2. The maximum Gasteiger partial charge on any atom is 0.343 e. The van der Waals surface area contributed by atoms with Crippen molar-refractivity contribution >= 4 is 16.9 Å². The summed E-state index contributed by atoms with van der Waals surface area (Å²) >= 11 is 0. The summed E-state index contributed by atoms with van der Waals surface area (Å²) in [6.07, 6.45) is 1.57. The van der Waals surface area contributed by atoms with Crippen LogP contribution in [-0.2, 0) is 33.0 Å². The van der Waals surface area contributed by atoms with Gasteiger partial charge < -0.3 is 23.9 Å². The van der Waals surface area contributed by atoms with Crippen molar-refractivity contribution < 1.29 is 28.5 Å². The Labute approximate surface area is 207 Å². The molecule has 1 unspecified atom stereocenters. The van der Waals surface area contributed by atoms with Gasteiger partial charge in [-0.2, -0.15) is 0 Å². The third-order valence-corrected chi connectivity index (χ3v) is 7.28. The van der Waals surface area contributed by atoms with Crippen molar-refractivity contribution in [3.8, 4) is 17.1 Å². The largest absolute Gasteiger partial charge is 0.494 e. The van der Waals surface area contributed by atoms with Crippen LogP contribution in [-0.4, -0.2) is 34.3 Å². The molecule has 2 aliphatic rings. The predicted octanol–water partition coefficient (Wildman–Crippen LogP) is 4.11. The van der Waals surface area contributed by atoms with Crippen molar-refractivity contribution in [2.24, 2.45) is 0 Å². The highest BCUT2D eigenvalue weighted by Crippen LogP contribution is 2.43. The summed E-state index contributed by atoms with van der Waals surface area (Å²) in [6.45, 7) is 6.25. The molecule has 5 rings (SSSR count). The highest BCUT2D eigenvalue weighted by atomic mass is 19.1. The number of ether oxygens (including phenoxy) is 3. The Kier molecular flexibility index (Phi) is 6.08. The van der Waals surface area contributed by atoms with E-state index in [1.54, 1.807) is 23.6 Å². The fraction of sp³-hybridized carbons (Fsp3) is 0.444. The summed E-state index contributed by atoms with van der Waals surface area (Å²) in [7, 11) is 1.41. The summed E-state index contributed by atoms with van der Waals surface area (Å²) in [6, 6.07) is 4.58. The number of fused-ring (bicyclic) bond motifs is 5. The van der Waals surface area contributed by atoms with Crippen molar-refractivity contribution in [1.29, 1.82) is 0 Å². The maximum absolute atomic E-state index is 14.7. The van der Waals surface area contributed by atoms with E-state index in [0.29, 0.717) is 28.9 Å². The van der Waals surface area contributed by atoms with E-state index >= 15 is 0 Å². The highest BCUT2D eigenvalue weighted by Gasteiger charge is 2.45. The van der Waals surface area contributed by atoms with Gasteiger partial charge in [0.25, 0.3) is 5.56 Å². The second-order valence-corrected chi connectivity index (χ2v) is 9.33. The zero-order valence-corrected chi connectivity index (χ0v) is 20.8. The lowest BCUT2D eigenvalue weighted by Gasteiger charge is -2.31. The molecule has 1 N–H and O–H groups in total. The van der Waals surface area contributed by atoms with Crippen LogP contribution in [0.4, 0.5) is 4.39 Å². The summed E-state index contributed by atoms with van der Waals surface area (Å²) in [5, 5.41) is 11.8. The van der Waals surface area contributed by atoms with Crippen LogP contribution < -0.4 is 10.3 Å². The number of carbonyl (C=O) groups is 1. The van der Waals surface area contributed by atoms with Crippen molar-refractivity contribution in [3.63, 3.8) is 0 Å². The SMILES string of the molecule is CCCCOC(C)c1c2c(nc3cc(F)c(OC)cc13)-c1cc3c(c(=O)n1C2)COC(=O)[C@]3(O)CC. The molecule has 3 aromatic rings. The molecule has 0 saturated carbocycles. The molecule has 4 heterocycles. The van der Waals surface area contributed by atoms with E-state index in [9.17, 15) is 19.1 Å². The molecule has 0 spiro atoms. The van der Waals surface area contributed by atoms with Gasteiger partial charge in [-0.3, -0.25) is 4.79 Å². The number of nitrogens with zero attached hydrogens (tertiary/aromatic N) is 2. The van der Waals surface area contributed by atoms with Crippen molar-refractivity contribution in [1.82, 2.24) is 9.55 Å². The third kappa shape index (κ3) is 3.52. The van der Waals surface area contributed by atoms with Gasteiger partial charge in [0, 0.05) is 29.2 Å². The summed E-state index contributed by atoms with van der Waals surface area (Å²) < 4.78 is 32.8. The normalized spacial score (nSPS) is 19.0. The highest BCUT2D eigenvalue weighted by molar-refractivity contribution is 5.90. The van der Waals surface area contributed by atoms with Crippen LogP contribution in [0.25, 0.3) is 22.3 Å².